The molecule has 1 amide bonds. The number of furan rings is 1. The lowest BCUT2D eigenvalue weighted by molar-refractivity contribution is 0.0765. The van der Waals surface area contributed by atoms with Gasteiger partial charge in [-0.2, -0.15) is 13.1 Å². The summed E-state index contributed by atoms with van der Waals surface area (Å²) < 4.78 is 29.7. The molecule has 1 fully saturated rings. The minimum atomic E-state index is -3.27. The zero-order valence-corrected chi connectivity index (χ0v) is 21.9. The van der Waals surface area contributed by atoms with E-state index in [2.05, 4.69) is 18.1 Å². The van der Waals surface area contributed by atoms with Crippen molar-refractivity contribution in [3.8, 4) is 22.5 Å². The first kappa shape index (κ1) is 23.5. The Bertz CT molecular complexity index is 1510. The maximum absolute atomic E-state index is 13.2. The third-order valence-electron chi connectivity index (χ3n) is 6.80. The number of amides is 1. The molecule has 0 N–H and O–H groups in total. The zero-order chi connectivity index (χ0) is 24.8. The number of sulfone groups is 1. The number of carbonyl (C=O) groups excluding carboxylic acids is 1. The third kappa shape index (κ3) is 4.81. The van der Waals surface area contributed by atoms with Gasteiger partial charge < -0.3 is 9.32 Å². The highest BCUT2D eigenvalue weighted by atomic mass is 32.2. The Kier molecular flexibility index (Phi) is 5.89. The summed E-state index contributed by atoms with van der Waals surface area (Å²) in [6.45, 7) is 6.45. The second-order valence-electron chi connectivity index (χ2n) is 10.0. The molecule has 0 bridgehead atoms. The van der Waals surface area contributed by atoms with Crippen LogP contribution in [0.15, 0.2) is 76.2 Å². The summed E-state index contributed by atoms with van der Waals surface area (Å²) in [6, 6.07) is 20.3. The van der Waals surface area contributed by atoms with Crippen LogP contribution in [0.2, 0.25) is 25.2 Å². The van der Waals surface area contributed by atoms with Crippen LogP contribution in [0.5, 0.6) is 0 Å². The molecule has 0 spiro atoms. The molecule has 1 aliphatic rings. The van der Waals surface area contributed by atoms with Gasteiger partial charge in [0.15, 0.2) is 15.4 Å². The molecule has 3 heterocycles. The number of fused-ring (bicyclic) bond motifs is 1. The topological polar surface area (TPSA) is 80.5 Å². The van der Waals surface area contributed by atoms with E-state index in [9.17, 15) is 13.2 Å². The van der Waals surface area contributed by atoms with E-state index in [4.69, 9.17) is 4.42 Å². The molecule has 0 atom stereocenters. The number of nitrogens with zero attached hydrogens (tertiary/aromatic N) is 2. The van der Waals surface area contributed by atoms with Crippen molar-refractivity contribution in [3.63, 3.8) is 0 Å². The molecular weight excluding hydrogens is 476 g/mol. The smallest absolute Gasteiger partial charge is 0.253 e. The molecule has 6 nitrogen and oxygen atoms in total. The minimum absolute atomic E-state index is 0.0766. The van der Waals surface area contributed by atoms with Crippen LogP contribution in [0.1, 0.15) is 10.4 Å². The maximum atomic E-state index is 13.2. The SMILES string of the molecule is C[Si-]1(C)CCN(C(=O)c2cccc(-c3ccnc4cc(-c5ccc(S(C)(=O)=O)cc5)oc34)c2)CC1. The summed E-state index contributed by atoms with van der Waals surface area (Å²) in [7, 11) is -4.42. The lowest BCUT2D eigenvalue weighted by atomic mass is 10.0. The van der Waals surface area contributed by atoms with Gasteiger partial charge >= 0.3 is 0 Å². The summed E-state index contributed by atoms with van der Waals surface area (Å²) >= 11 is 0. The lowest BCUT2D eigenvalue weighted by Gasteiger charge is -2.43. The van der Waals surface area contributed by atoms with Gasteiger partial charge in [0, 0.05) is 35.2 Å². The quantitative estimate of drug-likeness (QED) is 0.332. The first-order chi connectivity index (χ1) is 16.6. The van der Waals surface area contributed by atoms with Crippen LogP contribution in [0.25, 0.3) is 33.6 Å². The molecule has 0 radical (unpaired) electrons. The van der Waals surface area contributed by atoms with Crippen LogP contribution in [0, 0.1) is 0 Å². The van der Waals surface area contributed by atoms with Crippen molar-refractivity contribution in [1.29, 1.82) is 0 Å². The van der Waals surface area contributed by atoms with Gasteiger partial charge in [0.25, 0.3) is 5.91 Å². The number of hydrogen-bond donors (Lipinski definition) is 0. The van der Waals surface area contributed by atoms with Gasteiger partial charge in [-0.15, -0.1) is 20.2 Å². The molecule has 1 saturated heterocycles. The average Bonchev–Trinajstić information content (AvgIpc) is 3.28. The summed E-state index contributed by atoms with van der Waals surface area (Å²) in [6.07, 6.45) is 2.92. The molecule has 181 valence electrons. The fourth-order valence-electron chi connectivity index (χ4n) is 4.49. The largest absolute Gasteiger partial charge is 0.454 e. The predicted octanol–water partition coefficient (Wildman–Crippen LogP) is 5.73. The average molecular weight is 505 g/mol. The number of benzene rings is 2. The first-order valence-corrected chi connectivity index (χ1v) is 17.0. The van der Waals surface area contributed by atoms with Crippen molar-refractivity contribution < 1.29 is 17.6 Å². The fourth-order valence-corrected chi connectivity index (χ4v) is 7.12. The summed E-state index contributed by atoms with van der Waals surface area (Å²) in [5.41, 5.74) is 4.52. The Morgan fingerprint density at radius 2 is 1.69 bits per heavy atom. The van der Waals surface area contributed by atoms with Crippen molar-refractivity contribution in [2.24, 2.45) is 0 Å². The van der Waals surface area contributed by atoms with Gasteiger partial charge in [0.05, 0.1) is 4.90 Å². The number of pyridine rings is 1. The van der Waals surface area contributed by atoms with Crippen molar-refractivity contribution in [2.75, 3.05) is 19.3 Å². The van der Waals surface area contributed by atoms with E-state index in [0.717, 1.165) is 41.9 Å². The fraction of sp³-hybridized carbons (Fsp3) is 0.259. The molecule has 8 heteroatoms. The van der Waals surface area contributed by atoms with Crippen molar-refractivity contribution in [2.45, 2.75) is 30.1 Å². The van der Waals surface area contributed by atoms with E-state index in [1.165, 1.54) is 6.26 Å². The summed E-state index contributed by atoms with van der Waals surface area (Å²) in [5, 5.41) is 0. The molecular formula is C27H28N2O4SSi-. The van der Waals surface area contributed by atoms with Gasteiger partial charge in [-0.3, -0.25) is 9.78 Å². The normalized spacial score (nSPS) is 15.9. The second-order valence-corrected chi connectivity index (χ2v) is 17.4. The molecule has 4 aromatic rings. The van der Waals surface area contributed by atoms with Crippen molar-refractivity contribution >= 4 is 34.9 Å². The highest BCUT2D eigenvalue weighted by molar-refractivity contribution is 7.90. The number of rotatable bonds is 4. The standard InChI is InChI=1S/C27H28N2O4SSi/c1-34(31,32)22-9-7-19(8-10-22)25-18-24-26(33-25)23(11-12-28-24)20-5-4-6-21(17-20)27(30)29-13-15-35(2,3)16-14-29/h4-12,17-18H,13-16H2,1-3H3/q-1. The van der Waals surface area contributed by atoms with E-state index >= 15 is 0 Å². The highest BCUT2D eigenvalue weighted by Crippen LogP contribution is 2.34. The maximum Gasteiger partial charge on any atom is 0.253 e. The first-order valence-electron chi connectivity index (χ1n) is 11.7. The molecule has 0 aliphatic carbocycles. The van der Waals surface area contributed by atoms with E-state index < -0.39 is 17.9 Å². The van der Waals surface area contributed by atoms with Crippen LogP contribution >= 0.6 is 0 Å². The Hall–Kier alpha value is -3.23. The monoisotopic (exact) mass is 504 g/mol. The van der Waals surface area contributed by atoms with Crippen LogP contribution < -0.4 is 0 Å². The second kappa shape index (κ2) is 8.77. The number of hydrogen-bond acceptors (Lipinski definition) is 5. The van der Waals surface area contributed by atoms with E-state index in [1.807, 2.05) is 41.3 Å². The van der Waals surface area contributed by atoms with Gasteiger partial charge in [-0.05, 0) is 61.1 Å². The predicted molar refractivity (Wildman–Crippen MR) is 141 cm³/mol. The molecule has 1 aliphatic heterocycles. The highest BCUT2D eigenvalue weighted by Gasteiger charge is 2.23. The minimum Gasteiger partial charge on any atom is -0.454 e. The van der Waals surface area contributed by atoms with Crippen molar-refractivity contribution in [3.05, 3.63) is 72.4 Å². The Morgan fingerprint density at radius 3 is 2.37 bits per heavy atom. The summed E-state index contributed by atoms with van der Waals surface area (Å²) in [5.74, 6) is 0.681. The van der Waals surface area contributed by atoms with Gasteiger partial charge in [0.2, 0.25) is 0 Å². The number of aromatic nitrogens is 1. The van der Waals surface area contributed by atoms with Gasteiger partial charge in [-0.25, -0.2) is 8.42 Å². The molecule has 0 saturated carbocycles. The van der Waals surface area contributed by atoms with Crippen LogP contribution in [0.3, 0.4) is 0 Å². The third-order valence-corrected chi connectivity index (χ3v) is 11.1. The van der Waals surface area contributed by atoms with Gasteiger partial charge in [0.1, 0.15) is 11.3 Å². The van der Waals surface area contributed by atoms with Crippen LogP contribution in [-0.4, -0.2) is 51.6 Å². The molecule has 2 aromatic heterocycles. The van der Waals surface area contributed by atoms with Crippen LogP contribution in [0.4, 0.5) is 0 Å². The molecule has 2 aromatic carbocycles. The van der Waals surface area contributed by atoms with Gasteiger partial charge in [-0.1, -0.05) is 12.1 Å². The van der Waals surface area contributed by atoms with E-state index in [0.29, 0.717) is 22.4 Å². The lowest BCUT2D eigenvalue weighted by Crippen LogP contribution is -2.45. The molecule has 0 unspecified atom stereocenters. The number of carbonyl (C=O) groups is 1. The summed E-state index contributed by atoms with van der Waals surface area (Å²) in [4.78, 5) is 19.9. The Balaban J connectivity index is 1.47. The molecule has 5 rings (SSSR count). The molecule has 35 heavy (non-hydrogen) atoms. The van der Waals surface area contributed by atoms with E-state index in [-0.39, 0.29) is 10.8 Å². The Morgan fingerprint density at radius 1 is 0.971 bits per heavy atom. The van der Waals surface area contributed by atoms with Crippen molar-refractivity contribution in [1.82, 2.24) is 9.88 Å². The van der Waals surface area contributed by atoms with Crippen LogP contribution in [-0.2, 0) is 9.84 Å². The van der Waals surface area contributed by atoms with E-state index in [1.54, 1.807) is 30.5 Å². The zero-order valence-electron chi connectivity index (χ0n) is 20.1. The Labute approximate surface area is 206 Å².